The Morgan fingerprint density at radius 1 is 0.811 bits per heavy atom. The van der Waals surface area contributed by atoms with Gasteiger partial charge in [0, 0.05) is 40.4 Å². The number of carboxylic acid groups (broad SMARTS) is 1. The van der Waals surface area contributed by atoms with Crippen LogP contribution < -0.4 is 5.32 Å². The van der Waals surface area contributed by atoms with E-state index in [2.05, 4.69) is 10.3 Å². The number of amides is 1. The summed E-state index contributed by atoms with van der Waals surface area (Å²) in [5.74, 6) is -1.80. The smallest absolute Gasteiger partial charge is 0.326 e. The molecular formula is C28H24N2O5S2. The molecule has 7 nitrogen and oxygen atoms in total. The van der Waals surface area contributed by atoms with Crippen LogP contribution in [-0.4, -0.2) is 49.2 Å². The summed E-state index contributed by atoms with van der Waals surface area (Å²) in [5.41, 5.74) is 2.51. The molecule has 1 aromatic heterocycles. The highest BCUT2D eigenvalue weighted by atomic mass is 32.2. The standard InChI is InChI=1S/C28H24N2O5S2/c31-25(30-23(26(32)33)15-20-16-29-22-14-8-7-13-21(20)22)24(37-28(35)19-11-5-2-6-12-19)17-36-27(34)18-9-3-1-4-10-18/h1-14,16,23-24,29H,15,17H2,(H,30,31)(H,32,33). The number of carboxylic acids is 1. The summed E-state index contributed by atoms with van der Waals surface area (Å²) in [5, 5.41) is 11.8. The first-order chi connectivity index (χ1) is 17.9. The summed E-state index contributed by atoms with van der Waals surface area (Å²) >= 11 is 1.70. The minimum Gasteiger partial charge on any atom is -0.480 e. The zero-order valence-corrected chi connectivity index (χ0v) is 21.3. The van der Waals surface area contributed by atoms with Crippen molar-refractivity contribution in [3.8, 4) is 0 Å². The van der Waals surface area contributed by atoms with Crippen LogP contribution in [0.15, 0.2) is 91.1 Å². The number of hydrogen-bond donors (Lipinski definition) is 3. The van der Waals surface area contributed by atoms with E-state index in [9.17, 15) is 24.3 Å². The molecule has 1 heterocycles. The average molecular weight is 533 g/mol. The van der Waals surface area contributed by atoms with Crippen molar-refractivity contribution in [2.24, 2.45) is 0 Å². The fraction of sp³-hybridized carbons (Fsp3) is 0.143. The summed E-state index contributed by atoms with van der Waals surface area (Å²) in [6.07, 6.45) is 1.79. The molecule has 4 rings (SSSR count). The highest BCUT2D eigenvalue weighted by Crippen LogP contribution is 2.25. The number of thioether (sulfide) groups is 2. The first-order valence-corrected chi connectivity index (χ1v) is 13.4. The minimum absolute atomic E-state index is 0.00221. The van der Waals surface area contributed by atoms with Crippen LogP contribution in [0.4, 0.5) is 0 Å². The van der Waals surface area contributed by atoms with Gasteiger partial charge in [-0.25, -0.2) is 4.79 Å². The van der Waals surface area contributed by atoms with Gasteiger partial charge in [-0.05, 0) is 11.6 Å². The second kappa shape index (κ2) is 12.4. The number of aromatic amines is 1. The SMILES string of the molecule is O=C(SCC(SC(=O)c1ccccc1)C(=O)NC(Cc1c[nH]c2ccccc12)C(=O)O)c1ccccc1. The van der Waals surface area contributed by atoms with E-state index in [4.69, 9.17) is 0 Å². The van der Waals surface area contributed by atoms with Crippen molar-refractivity contribution in [1.29, 1.82) is 0 Å². The quantitative estimate of drug-likeness (QED) is 0.269. The molecular weight excluding hydrogens is 508 g/mol. The van der Waals surface area contributed by atoms with Gasteiger partial charge in [0.15, 0.2) is 0 Å². The lowest BCUT2D eigenvalue weighted by Gasteiger charge is -2.19. The van der Waals surface area contributed by atoms with Gasteiger partial charge in [-0.2, -0.15) is 0 Å². The second-order valence-electron chi connectivity index (χ2n) is 8.19. The summed E-state index contributed by atoms with van der Waals surface area (Å²) in [4.78, 5) is 53.9. The minimum atomic E-state index is -1.21. The maximum Gasteiger partial charge on any atom is 0.326 e. The molecule has 9 heteroatoms. The van der Waals surface area contributed by atoms with Gasteiger partial charge < -0.3 is 15.4 Å². The third-order valence-electron chi connectivity index (χ3n) is 5.64. The molecule has 0 aliphatic rings. The van der Waals surface area contributed by atoms with E-state index in [0.717, 1.165) is 40.0 Å². The number of carbonyl (C=O) groups is 4. The molecule has 1 amide bonds. The number of aromatic nitrogens is 1. The Labute approximate surface area is 222 Å². The normalized spacial score (nSPS) is 12.5. The van der Waals surface area contributed by atoms with E-state index < -0.39 is 23.2 Å². The van der Waals surface area contributed by atoms with E-state index in [1.165, 1.54) is 0 Å². The number of rotatable bonds is 10. The molecule has 3 aromatic carbocycles. The van der Waals surface area contributed by atoms with Gasteiger partial charge in [-0.3, -0.25) is 14.4 Å². The van der Waals surface area contributed by atoms with Crippen LogP contribution in [0.3, 0.4) is 0 Å². The Kier molecular flexibility index (Phi) is 8.81. The molecule has 0 saturated carbocycles. The van der Waals surface area contributed by atoms with Crippen LogP contribution in [-0.2, 0) is 16.0 Å². The highest BCUT2D eigenvalue weighted by Gasteiger charge is 2.29. The lowest BCUT2D eigenvalue weighted by atomic mass is 10.0. The van der Waals surface area contributed by atoms with Gasteiger partial charge in [-0.15, -0.1) is 0 Å². The Hall–Kier alpha value is -3.82. The molecule has 2 unspecified atom stereocenters. The van der Waals surface area contributed by atoms with Gasteiger partial charge >= 0.3 is 5.97 Å². The van der Waals surface area contributed by atoms with E-state index in [-0.39, 0.29) is 22.4 Å². The summed E-state index contributed by atoms with van der Waals surface area (Å²) in [6, 6.07) is 23.4. The number of H-pyrrole nitrogens is 1. The molecule has 3 N–H and O–H groups in total. The van der Waals surface area contributed by atoms with Crippen LogP contribution in [0.1, 0.15) is 26.3 Å². The number of nitrogens with one attached hydrogen (secondary N) is 2. The molecule has 0 bridgehead atoms. The first kappa shape index (κ1) is 26.2. The third kappa shape index (κ3) is 6.90. The largest absolute Gasteiger partial charge is 0.480 e. The fourth-order valence-corrected chi connectivity index (χ4v) is 5.67. The second-order valence-corrected chi connectivity index (χ2v) is 10.4. The summed E-state index contributed by atoms with van der Waals surface area (Å²) in [6.45, 7) is 0. The predicted octanol–water partition coefficient (Wildman–Crippen LogP) is 4.80. The zero-order chi connectivity index (χ0) is 26.2. The van der Waals surface area contributed by atoms with Crippen molar-refractivity contribution >= 4 is 56.5 Å². The van der Waals surface area contributed by atoms with Crippen molar-refractivity contribution in [3.05, 3.63) is 108 Å². The van der Waals surface area contributed by atoms with Crippen molar-refractivity contribution in [2.75, 3.05) is 5.75 Å². The molecule has 4 aromatic rings. The van der Waals surface area contributed by atoms with Crippen LogP contribution >= 0.6 is 23.5 Å². The number of para-hydroxylation sites is 1. The number of fused-ring (bicyclic) bond motifs is 1. The number of carbonyl (C=O) groups excluding carboxylic acids is 3. The molecule has 0 aliphatic carbocycles. The molecule has 0 spiro atoms. The molecule has 0 saturated heterocycles. The van der Waals surface area contributed by atoms with E-state index in [0.29, 0.717) is 11.1 Å². The van der Waals surface area contributed by atoms with Crippen molar-refractivity contribution in [2.45, 2.75) is 17.7 Å². The monoisotopic (exact) mass is 532 g/mol. The Morgan fingerprint density at radius 3 is 2.05 bits per heavy atom. The predicted molar refractivity (Wildman–Crippen MR) is 147 cm³/mol. The van der Waals surface area contributed by atoms with E-state index in [1.807, 2.05) is 24.3 Å². The van der Waals surface area contributed by atoms with Crippen LogP contribution in [0, 0.1) is 0 Å². The number of hydrogen-bond acceptors (Lipinski definition) is 6. The number of aliphatic carboxylic acids is 1. The highest BCUT2D eigenvalue weighted by molar-refractivity contribution is 8.18. The maximum atomic E-state index is 13.3. The van der Waals surface area contributed by atoms with Gasteiger partial charge in [0.2, 0.25) is 16.1 Å². The maximum absolute atomic E-state index is 13.3. The first-order valence-electron chi connectivity index (χ1n) is 11.5. The van der Waals surface area contributed by atoms with E-state index in [1.54, 1.807) is 66.9 Å². The van der Waals surface area contributed by atoms with Crippen molar-refractivity contribution in [3.63, 3.8) is 0 Å². The lowest BCUT2D eigenvalue weighted by Crippen LogP contribution is -2.46. The topological polar surface area (TPSA) is 116 Å². The molecule has 0 fully saturated rings. The van der Waals surface area contributed by atoms with Gasteiger partial charge in [-0.1, -0.05) is 102 Å². The average Bonchev–Trinajstić information content (AvgIpc) is 3.34. The molecule has 0 aliphatic heterocycles. The molecule has 37 heavy (non-hydrogen) atoms. The Morgan fingerprint density at radius 2 is 1.41 bits per heavy atom. The third-order valence-corrected chi connectivity index (χ3v) is 7.96. The Balaban J connectivity index is 1.50. The lowest BCUT2D eigenvalue weighted by molar-refractivity contribution is -0.141. The van der Waals surface area contributed by atoms with Crippen LogP contribution in [0.2, 0.25) is 0 Å². The van der Waals surface area contributed by atoms with Crippen molar-refractivity contribution < 1.29 is 24.3 Å². The van der Waals surface area contributed by atoms with Crippen LogP contribution in [0.25, 0.3) is 10.9 Å². The van der Waals surface area contributed by atoms with Crippen LogP contribution in [0.5, 0.6) is 0 Å². The number of benzene rings is 3. The van der Waals surface area contributed by atoms with Gasteiger partial charge in [0.1, 0.15) is 11.3 Å². The van der Waals surface area contributed by atoms with Crippen molar-refractivity contribution in [1.82, 2.24) is 10.3 Å². The summed E-state index contributed by atoms with van der Waals surface area (Å²) in [7, 11) is 0. The summed E-state index contributed by atoms with van der Waals surface area (Å²) < 4.78 is 0. The van der Waals surface area contributed by atoms with E-state index >= 15 is 0 Å². The molecule has 188 valence electrons. The molecule has 0 radical (unpaired) electrons. The molecule has 2 atom stereocenters. The Bertz CT molecular complexity index is 1410. The zero-order valence-electron chi connectivity index (χ0n) is 19.6. The fourth-order valence-electron chi connectivity index (χ4n) is 3.73. The van der Waals surface area contributed by atoms with Gasteiger partial charge in [0.05, 0.1) is 0 Å². The van der Waals surface area contributed by atoms with Gasteiger partial charge in [0.25, 0.3) is 0 Å².